The molecular weight excluding hydrogens is 354 g/mol. The van der Waals surface area contributed by atoms with Crippen molar-refractivity contribution in [3.05, 3.63) is 34.3 Å². The zero-order chi connectivity index (χ0) is 18.8. The molecule has 7 nitrogen and oxygen atoms in total. The predicted molar refractivity (Wildman–Crippen MR) is 101 cm³/mol. The lowest BCUT2D eigenvalue weighted by atomic mass is 10.1. The first-order valence-corrected chi connectivity index (χ1v) is 8.95. The van der Waals surface area contributed by atoms with Crippen molar-refractivity contribution in [3.8, 4) is 22.8 Å². The van der Waals surface area contributed by atoms with E-state index in [9.17, 15) is 10.2 Å². The van der Waals surface area contributed by atoms with Crippen molar-refractivity contribution in [2.75, 3.05) is 27.3 Å². The lowest BCUT2D eigenvalue weighted by Gasteiger charge is -2.19. The number of nitrogens with zero attached hydrogens (tertiary/aromatic N) is 2. The van der Waals surface area contributed by atoms with E-state index in [4.69, 9.17) is 14.9 Å². The second-order valence-electron chi connectivity index (χ2n) is 6.01. The minimum absolute atomic E-state index is 0.101. The molecule has 0 radical (unpaired) electrons. The van der Waals surface area contributed by atoms with Gasteiger partial charge < -0.3 is 24.6 Å². The number of β-amino-alcohol motifs (C(OH)–C–C–N with tert-alkyl or cyclic N) is 1. The fourth-order valence-corrected chi connectivity index (χ4v) is 3.75. The number of hydrogen-bond acceptors (Lipinski definition) is 7. The Morgan fingerprint density at radius 1 is 1.31 bits per heavy atom. The number of methoxy groups -OCH3 is 2. The first-order chi connectivity index (χ1) is 12.4. The van der Waals surface area contributed by atoms with Gasteiger partial charge in [-0.05, 0) is 25.1 Å². The van der Waals surface area contributed by atoms with Crippen LogP contribution in [0.25, 0.3) is 16.8 Å². The molecule has 1 aliphatic rings. The van der Waals surface area contributed by atoms with Crippen LogP contribution in [0.5, 0.6) is 11.5 Å². The third kappa shape index (κ3) is 3.38. The topological polar surface area (TPSA) is 98.9 Å². The van der Waals surface area contributed by atoms with Gasteiger partial charge in [0.25, 0.3) is 0 Å². The number of hydrogen-bond donors (Lipinski definition) is 3. The molecular formula is C18H21N3O4S. The van der Waals surface area contributed by atoms with Gasteiger partial charge in [0.15, 0.2) is 11.5 Å². The molecule has 0 bridgehead atoms. The molecule has 3 N–H and O–H groups in total. The van der Waals surface area contributed by atoms with Gasteiger partial charge in [-0.1, -0.05) is 0 Å². The van der Waals surface area contributed by atoms with Gasteiger partial charge >= 0.3 is 0 Å². The molecule has 1 atom stereocenters. The van der Waals surface area contributed by atoms with E-state index in [1.165, 1.54) is 11.3 Å². The SMILES string of the molecule is COc1ccc(-c2csc(C3=C(O)CN(C[C@@H](C)O)C3=N)n2)cc1OC. The number of ether oxygens (including phenoxy) is 2. The smallest absolute Gasteiger partial charge is 0.161 e. The fraction of sp³-hybridized carbons (Fsp3) is 0.333. The Labute approximate surface area is 155 Å². The molecule has 2 aromatic rings. The molecule has 8 heteroatoms. The summed E-state index contributed by atoms with van der Waals surface area (Å²) in [6.45, 7) is 2.16. The average Bonchev–Trinajstić information content (AvgIpc) is 3.19. The third-order valence-corrected chi connectivity index (χ3v) is 4.92. The van der Waals surface area contributed by atoms with Crippen molar-refractivity contribution >= 4 is 22.7 Å². The number of amidine groups is 1. The Morgan fingerprint density at radius 2 is 2.04 bits per heavy atom. The Bertz CT molecular complexity index is 860. The van der Waals surface area contributed by atoms with E-state index in [0.717, 1.165) is 11.3 Å². The maximum atomic E-state index is 10.3. The van der Waals surface area contributed by atoms with E-state index in [1.807, 2.05) is 23.6 Å². The predicted octanol–water partition coefficient (Wildman–Crippen LogP) is 2.77. The molecule has 26 heavy (non-hydrogen) atoms. The number of benzene rings is 1. The molecule has 3 rings (SSSR count). The van der Waals surface area contributed by atoms with Gasteiger partial charge in [-0.15, -0.1) is 11.3 Å². The highest BCUT2D eigenvalue weighted by Crippen LogP contribution is 2.35. The van der Waals surface area contributed by atoms with E-state index in [-0.39, 0.29) is 18.1 Å². The highest BCUT2D eigenvalue weighted by atomic mass is 32.1. The molecule has 1 aliphatic heterocycles. The number of aliphatic hydroxyl groups excluding tert-OH is 2. The highest BCUT2D eigenvalue weighted by Gasteiger charge is 2.30. The van der Waals surface area contributed by atoms with Crippen LogP contribution >= 0.6 is 11.3 Å². The molecule has 0 amide bonds. The Hall–Kier alpha value is -2.58. The molecule has 0 spiro atoms. The maximum Gasteiger partial charge on any atom is 0.161 e. The van der Waals surface area contributed by atoms with E-state index in [2.05, 4.69) is 4.98 Å². The van der Waals surface area contributed by atoms with Gasteiger partial charge in [0.2, 0.25) is 0 Å². The van der Waals surface area contributed by atoms with Crippen LogP contribution in [0, 0.1) is 5.41 Å². The molecule has 0 saturated carbocycles. The van der Waals surface area contributed by atoms with Gasteiger partial charge in [-0.2, -0.15) is 0 Å². The van der Waals surface area contributed by atoms with E-state index >= 15 is 0 Å². The largest absolute Gasteiger partial charge is 0.510 e. The first-order valence-electron chi connectivity index (χ1n) is 8.07. The summed E-state index contributed by atoms with van der Waals surface area (Å²) in [4.78, 5) is 6.21. The minimum Gasteiger partial charge on any atom is -0.510 e. The van der Waals surface area contributed by atoms with Crippen LogP contribution in [-0.4, -0.2) is 59.3 Å². The molecule has 138 valence electrons. The molecule has 0 saturated heterocycles. The Morgan fingerprint density at radius 3 is 2.69 bits per heavy atom. The zero-order valence-electron chi connectivity index (χ0n) is 14.8. The number of aliphatic hydroxyl groups is 2. The van der Waals surface area contributed by atoms with Crippen LogP contribution in [0.2, 0.25) is 0 Å². The lowest BCUT2D eigenvalue weighted by Crippen LogP contribution is -2.33. The van der Waals surface area contributed by atoms with Crippen LogP contribution in [0.4, 0.5) is 0 Å². The second-order valence-corrected chi connectivity index (χ2v) is 6.87. The quantitative estimate of drug-likeness (QED) is 0.718. The summed E-state index contributed by atoms with van der Waals surface area (Å²) < 4.78 is 10.6. The van der Waals surface area contributed by atoms with Gasteiger partial charge in [-0.25, -0.2) is 4.98 Å². The lowest BCUT2D eigenvalue weighted by molar-refractivity contribution is 0.160. The average molecular weight is 375 g/mol. The van der Waals surface area contributed by atoms with Gasteiger partial charge in [-0.3, -0.25) is 5.41 Å². The second kappa shape index (κ2) is 7.35. The van der Waals surface area contributed by atoms with Gasteiger partial charge in [0, 0.05) is 17.5 Å². The molecule has 1 aromatic heterocycles. The van der Waals surface area contributed by atoms with Crippen molar-refractivity contribution in [2.24, 2.45) is 0 Å². The zero-order valence-corrected chi connectivity index (χ0v) is 15.6. The third-order valence-electron chi connectivity index (χ3n) is 4.06. The van der Waals surface area contributed by atoms with Crippen LogP contribution in [0.1, 0.15) is 11.9 Å². The minimum atomic E-state index is -0.582. The molecule has 0 aliphatic carbocycles. The summed E-state index contributed by atoms with van der Waals surface area (Å²) >= 11 is 1.36. The van der Waals surface area contributed by atoms with Crippen molar-refractivity contribution in [2.45, 2.75) is 13.0 Å². The normalized spacial score (nSPS) is 15.5. The fourth-order valence-electron chi connectivity index (χ4n) is 2.85. The number of nitrogens with one attached hydrogen (secondary N) is 1. The van der Waals surface area contributed by atoms with Crippen molar-refractivity contribution < 1.29 is 19.7 Å². The molecule has 0 unspecified atom stereocenters. The first kappa shape index (κ1) is 18.2. The van der Waals surface area contributed by atoms with Crippen molar-refractivity contribution in [3.63, 3.8) is 0 Å². The summed E-state index contributed by atoms with van der Waals surface area (Å²) in [6, 6.07) is 5.53. The van der Waals surface area contributed by atoms with E-state index in [1.54, 1.807) is 26.0 Å². The van der Waals surface area contributed by atoms with Crippen LogP contribution in [0.3, 0.4) is 0 Å². The summed E-state index contributed by atoms with van der Waals surface area (Å²) in [5.74, 6) is 1.53. The maximum absolute atomic E-state index is 10.3. The summed E-state index contributed by atoms with van der Waals surface area (Å²) in [7, 11) is 3.16. The van der Waals surface area contributed by atoms with Crippen molar-refractivity contribution in [1.29, 1.82) is 5.41 Å². The molecule has 0 fully saturated rings. The Kier molecular flexibility index (Phi) is 5.15. The molecule has 2 heterocycles. The number of aromatic nitrogens is 1. The number of thiazole rings is 1. The summed E-state index contributed by atoms with van der Waals surface area (Å²) in [5.41, 5.74) is 2.01. The number of rotatable bonds is 6. The summed E-state index contributed by atoms with van der Waals surface area (Å²) in [5, 5.41) is 30.6. The monoisotopic (exact) mass is 375 g/mol. The van der Waals surface area contributed by atoms with E-state index in [0.29, 0.717) is 28.6 Å². The Balaban J connectivity index is 1.89. The van der Waals surface area contributed by atoms with E-state index < -0.39 is 6.10 Å². The highest BCUT2D eigenvalue weighted by molar-refractivity contribution is 7.11. The van der Waals surface area contributed by atoms with Gasteiger partial charge in [0.05, 0.1) is 38.1 Å². The van der Waals surface area contributed by atoms with Crippen molar-refractivity contribution in [1.82, 2.24) is 9.88 Å². The van der Waals surface area contributed by atoms with Gasteiger partial charge in [0.1, 0.15) is 16.6 Å². The van der Waals surface area contributed by atoms with Crippen LogP contribution < -0.4 is 9.47 Å². The standard InChI is InChI=1S/C18H21N3O4S/c1-10(22)7-21-8-13(23)16(17(21)19)18-20-12(9-26-18)11-4-5-14(24-2)15(6-11)25-3/h4-6,9-10,19,22-23H,7-8H2,1-3H3/t10-/m1/s1. The van der Waals surface area contributed by atoms with Crippen LogP contribution in [-0.2, 0) is 0 Å². The molecule has 1 aromatic carbocycles. The summed E-state index contributed by atoms with van der Waals surface area (Å²) in [6.07, 6.45) is -0.582. The van der Waals surface area contributed by atoms with Crippen LogP contribution in [0.15, 0.2) is 29.3 Å².